The van der Waals surface area contributed by atoms with Crippen molar-refractivity contribution in [3.63, 3.8) is 0 Å². The molecule has 0 spiro atoms. The van der Waals surface area contributed by atoms with Crippen molar-refractivity contribution in [1.82, 2.24) is 0 Å². The molecule has 1 saturated heterocycles. The van der Waals surface area contributed by atoms with E-state index in [9.17, 15) is 9.59 Å². The normalized spacial score (nSPS) is 19.5. The first kappa shape index (κ1) is 13.2. The van der Waals surface area contributed by atoms with Gasteiger partial charge in [0.25, 0.3) is 0 Å². The van der Waals surface area contributed by atoms with Crippen LogP contribution in [0.5, 0.6) is 0 Å². The lowest BCUT2D eigenvalue weighted by molar-refractivity contribution is -0.139. The van der Waals surface area contributed by atoms with E-state index in [1.54, 1.807) is 12.1 Å². The molecule has 1 aliphatic heterocycles. The number of methoxy groups -OCH3 is 1. The zero-order valence-electron chi connectivity index (χ0n) is 10.3. The van der Waals surface area contributed by atoms with Crippen LogP contribution in [-0.2, 0) is 20.7 Å². The second-order valence-electron chi connectivity index (χ2n) is 4.24. The lowest BCUT2D eigenvalue weighted by Gasteiger charge is -2.20. The van der Waals surface area contributed by atoms with Gasteiger partial charge < -0.3 is 9.47 Å². The molecule has 0 N–H and O–H groups in total. The second-order valence-corrected chi connectivity index (χ2v) is 5.41. The fourth-order valence-electron chi connectivity index (χ4n) is 1.93. The smallest absolute Gasteiger partial charge is 0.310 e. The number of Topliss-reactive ketones (excluding diaryl/α,β-unsaturated/α-hetero) is 1. The number of hydrogen-bond donors (Lipinski definition) is 0. The third kappa shape index (κ3) is 3.17. The summed E-state index contributed by atoms with van der Waals surface area (Å²) in [5.41, 5.74) is 0. The van der Waals surface area contributed by atoms with Crippen LogP contribution in [-0.4, -0.2) is 31.6 Å². The number of ether oxygens (including phenoxy) is 2. The van der Waals surface area contributed by atoms with Gasteiger partial charge in [0.2, 0.25) is 5.78 Å². The number of carbonyl (C=O) groups is 2. The minimum absolute atomic E-state index is 0.0378. The van der Waals surface area contributed by atoms with E-state index in [0.717, 1.165) is 24.1 Å². The maximum Gasteiger partial charge on any atom is 0.310 e. The monoisotopic (exact) mass is 268 g/mol. The third-order valence-corrected chi connectivity index (χ3v) is 4.02. The molecule has 1 aromatic rings. The number of hydrogen-bond acceptors (Lipinski definition) is 5. The maximum atomic E-state index is 12.1. The molecule has 0 aromatic carbocycles. The molecule has 0 bridgehead atoms. The van der Waals surface area contributed by atoms with Gasteiger partial charge in [0.05, 0.1) is 18.4 Å². The van der Waals surface area contributed by atoms with Gasteiger partial charge in [0, 0.05) is 11.5 Å². The van der Waals surface area contributed by atoms with Gasteiger partial charge in [-0.25, -0.2) is 0 Å². The molecule has 1 fully saturated rings. The molecule has 4 nitrogen and oxygen atoms in total. The predicted molar refractivity (Wildman–Crippen MR) is 68.0 cm³/mol. The molecule has 0 aliphatic carbocycles. The molecule has 5 heteroatoms. The topological polar surface area (TPSA) is 52.6 Å². The van der Waals surface area contributed by atoms with Crippen LogP contribution in [0.25, 0.3) is 0 Å². The average Bonchev–Trinajstić information content (AvgIpc) is 2.87. The van der Waals surface area contributed by atoms with Crippen molar-refractivity contribution in [3.8, 4) is 0 Å². The van der Waals surface area contributed by atoms with E-state index < -0.39 is 0 Å². The molecule has 18 heavy (non-hydrogen) atoms. The first-order chi connectivity index (χ1) is 8.70. The Kier molecular flexibility index (Phi) is 4.49. The molecule has 0 radical (unpaired) electrons. The SMILES string of the molecule is COC(=O)Cc1ccc(C(=O)C2CCCCO2)s1. The van der Waals surface area contributed by atoms with Crippen LogP contribution in [0.4, 0.5) is 0 Å². The lowest BCUT2D eigenvalue weighted by Crippen LogP contribution is -2.27. The fourth-order valence-corrected chi connectivity index (χ4v) is 2.90. The number of thiophene rings is 1. The Bertz CT molecular complexity index is 432. The highest BCUT2D eigenvalue weighted by Gasteiger charge is 2.24. The third-order valence-electron chi connectivity index (χ3n) is 2.92. The van der Waals surface area contributed by atoms with Crippen LogP contribution in [0, 0.1) is 0 Å². The van der Waals surface area contributed by atoms with Gasteiger partial charge >= 0.3 is 5.97 Å². The first-order valence-corrected chi connectivity index (χ1v) is 6.83. The van der Waals surface area contributed by atoms with Crippen LogP contribution in [0.1, 0.15) is 33.8 Å². The summed E-state index contributed by atoms with van der Waals surface area (Å²) in [5.74, 6) is -0.249. The van der Waals surface area contributed by atoms with Crippen molar-refractivity contribution in [3.05, 3.63) is 21.9 Å². The van der Waals surface area contributed by atoms with Crippen molar-refractivity contribution in [2.45, 2.75) is 31.8 Å². The molecule has 0 saturated carbocycles. The van der Waals surface area contributed by atoms with E-state index in [1.807, 2.05) is 0 Å². The highest BCUT2D eigenvalue weighted by molar-refractivity contribution is 7.14. The summed E-state index contributed by atoms with van der Waals surface area (Å²) < 4.78 is 10.1. The fraction of sp³-hybridized carbons (Fsp3) is 0.538. The summed E-state index contributed by atoms with van der Waals surface area (Å²) in [6, 6.07) is 3.57. The number of ketones is 1. The Morgan fingerprint density at radius 3 is 2.94 bits per heavy atom. The summed E-state index contributed by atoms with van der Waals surface area (Å²) >= 11 is 1.35. The molecule has 1 aliphatic rings. The quantitative estimate of drug-likeness (QED) is 0.620. The summed E-state index contributed by atoms with van der Waals surface area (Å²) in [7, 11) is 1.36. The number of carbonyl (C=O) groups excluding carboxylic acids is 2. The highest BCUT2D eigenvalue weighted by atomic mass is 32.1. The van der Waals surface area contributed by atoms with Crippen LogP contribution >= 0.6 is 11.3 Å². The van der Waals surface area contributed by atoms with E-state index in [2.05, 4.69) is 4.74 Å². The van der Waals surface area contributed by atoms with Gasteiger partial charge in [-0.2, -0.15) is 0 Å². The molecule has 98 valence electrons. The van der Waals surface area contributed by atoms with Gasteiger partial charge in [-0.3, -0.25) is 9.59 Å². The van der Waals surface area contributed by atoms with Gasteiger partial charge in [0.1, 0.15) is 6.10 Å². The summed E-state index contributed by atoms with van der Waals surface area (Å²) in [6.45, 7) is 0.663. The van der Waals surface area contributed by atoms with Crippen LogP contribution < -0.4 is 0 Å². The highest BCUT2D eigenvalue weighted by Crippen LogP contribution is 2.23. The molecule has 1 aromatic heterocycles. The summed E-state index contributed by atoms with van der Waals surface area (Å²) in [4.78, 5) is 24.8. The van der Waals surface area contributed by atoms with Crippen molar-refractivity contribution in [1.29, 1.82) is 0 Å². The van der Waals surface area contributed by atoms with Crippen molar-refractivity contribution < 1.29 is 19.1 Å². The number of esters is 1. The molecule has 0 amide bonds. The molecular weight excluding hydrogens is 252 g/mol. The zero-order chi connectivity index (χ0) is 13.0. The Morgan fingerprint density at radius 2 is 2.28 bits per heavy atom. The van der Waals surface area contributed by atoms with Gasteiger partial charge in [-0.05, 0) is 31.4 Å². The minimum atomic E-state index is -0.302. The second kappa shape index (κ2) is 6.11. The Morgan fingerprint density at radius 1 is 1.44 bits per heavy atom. The Labute approximate surface area is 110 Å². The minimum Gasteiger partial charge on any atom is -0.469 e. The maximum absolute atomic E-state index is 12.1. The van der Waals surface area contributed by atoms with Crippen molar-refractivity contribution in [2.75, 3.05) is 13.7 Å². The van der Waals surface area contributed by atoms with Crippen molar-refractivity contribution >= 4 is 23.1 Å². The van der Waals surface area contributed by atoms with Gasteiger partial charge in [-0.15, -0.1) is 11.3 Å². The predicted octanol–water partition coefficient (Wildman–Crippen LogP) is 2.22. The molecule has 2 heterocycles. The van der Waals surface area contributed by atoms with E-state index in [-0.39, 0.29) is 24.3 Å². The Hall–Kier alpha value is -1.20. The zero-order valence-corrected chi connectivity index (χ0v) is 11.1. The number of rotatable bonds is 4. The molecule has 2 rings (SSSR count). The largest absolute Gasteiger partial charge is 0.469 e. The standard InChI is InChI=1S/C13H16O4S/c1-16-12(14)8-9-5-6-11(18-9)13(15)10-4-2-3-7-17-10/h5-6,10H,2-4,7-8H2,1H3. The van der Waals surface area contributed by atoms with E-state index in [1.165, 1.54) is 18.4 Å². The molecule has 1 unspecified atom stereocenters. The average molecular weight is 268 g/mol. The van der Waals surface area contributed by atoms with Crippen LogP contribution in [0.3, 0.4) is 0 Å². The van der Waals surface area contributed by atoms with E-state index in [4.69, 9.17) is 4.74 Å². The van der Waals surface area contributed by atoms with Gasteiger partial charge in [0.15, 0.2) is 0 Å². The molecule has 1 atom stereocenters. The van der Waals surface area contributed by atoms with Crippen molar-refractivity contribution in [2.24, 2.45) is 0 Å². The lowest BCUT2D eigenvalue weighted by atomic mass is 10.0. The van der Waals surface area contributed by atoms with Crippen LogP contribution in [0.2, 0.25) is 0 Å². The summed E-state index contributed by atoms with van der Waals surface area (Å²) in [6.07, 6.45) is 2.78. The Balaban J connectivity index is 2.00. The molecular formula is C13H16O4S. The van der Waals surface area contributed by atoms with Crippen LogP contribution in [0.15, 0.2) is 12.1 Å². The van der Waals surface area contributed by atoms with E-state index >= 15 is 0 Å². The first-order valence-electron chi connectivity index (χ1n) is 6.02. The summed E-state index contributed by atoms with van der Waals surface area (Å²) in [5, 5.41) is 0. The van der Waals surface area contributed by atoms with Gasteiger partial charge in [-0.1, -0.05) is 0 Å². The van der Waals surface area contributed by atoms with E-state index in [0.29, 0.717) is 11.5 Å².